The lowest BCUT2D eigenvalue weighted by Gasteiger charge is -2.32. The van der Waals surface area contributed by atoms with Gasteiger partial charge in [-0.3, -0.25) is 0 Å². The van der Waals surface area contributed by atoms with Crippen molar-refractivity contribution in [3.63, 3.8) is 0 Å². The Hall–Kier alpha value is -1.40. The fourth-order valence-corrected chi connectivity index (χ4v) is 3.59. The zero-order valence-corrected chi connectivity index (χ0v) is 13.7. The highest BCUT2D eigenvalue weighted by Gasteiger charge is 2.24. The van der Waals surface area contributed by atoms with Crippen molar-refractivity contribution in [2.45, 2.75) is 24.3 Å². The molecule has 0 aliphatic carbocycles. The van der Waals surface area contributed by atoms with Crippen LogP contribution < -0.4 is 10.6 Å². The fourth-order valence-electron chi connectivity index (χ4n) is 2.97. The molecule has 1 aromatic carbocycles. The molecule has 0 bridgehead atoms. The van der Waals surface area contributed by atoms with Crippen molar-refractivity contribution in [3.05, 3.63) is 23.8 Å². The third-order valence-electron chi connectivity index (χ3n) is 3.94. The number of likely N-dealkylation sites (N-methyl/N-ethyl adjacent to an activating group) is 1. The Morgan fingerprint density at radius 1 is 1.43 bits per heavy atom. The number of nitrogens with two attached hydrogens (primary N) is 1. The Kier molecular flexibility index (Phi) is 5.36. The highest BCUT2D eigenvalue weighted by molar-refractivity contribution is 7.98. The zero-order valence-electron chi connectivity index (χ0n) is 12.9. The molecule has 1 aromatic rings. The molecule has 0 spiro atoms. The number of rotatable bonds is 3. The fraction of sp³-hybridized carbons (Fsp3) is 0.533. The Labute approximate surface area is 130 Å². The van der Waals surface area contributed by atoms with E-state index in [-0.39, 0.29) is 5.84 Å². The number of hydrogen-bond donors (Lipinski definition) is 2. The first-order valence-electron chi connectivity index (χ1n) is 7.18. The molecule has 6 heteroatoms. The maximum atomic E-state index is 9.12. The molecule has 0 radical (unpaired) electrons. The van der Waals surface area contributed by atoms with Crippen LogP contribution in [0.15, 0.2) is 28.3 Å². The number of hydrogen-bond acceptors (Lipinski definition) is 5. The van der Waals surface area contributed by atoms with Gasteiger partial charge in [-0.15, -0.1) is 11.8 Å². The average Bonchev–Trinajstić information content (AvgIpc) is 2.65. The second-order valence-corrected chi connectivity index (χ2v) is 6.35. The summed E-state index contributed by atoms with van der Waals surface area (Å²) in [4.78, 5) is 5.76. The molecule has 1 saturated heterocycles. The number of amidine groups is 1. The predicted molar refractivity (Wildman–Crippen MR) is 89.7 cm³/mol. The van der Waals surface area contributed by atoms with E-state index in [2.05, 4.69) is 35.0 Å². The smallest absolute Gasteiger partial charge is 0.173 e. The minimum Gasteiger partial charge on any atom is -0.409 e. The van der Waals surface area contributed by atoms with Crippen molar-refractivity contribution in [1.82, 2.24) is 4.90 Å². The van der Waals surface area contributed by atoms with Crippen LogP contribution in [0.4, 0.5) is 5.69 Å². The molecule has 2 rings (SSSR count). The first-order valence-corrected chi connectivity index (χ1v) is 8.41. The van der Waals surface area contributed by atoms with Crippen molar-refractivity contribution in [3.8, 4) is 0 Å². The van der Waals surface area contributed by atoms with Crippen LogP contribution in [0.5, 0.6) is 0 Å². The molecular weight excluding hydrogens is 284 g/mol. The quantitative estimate of drug-likeness (QED) is 0.294. The van der Waals surface area contributed by atoms with Gasteiger partial charge in [0, 0.05) is 29.7 Å². The molecule has 3 N–H and O–H groups in total. The lowest BCUT2D eigenvalue weighted by Crippen LogP contribution is -2.39. The Morgan fingerprint density at radius 2 is 2.19 bits per heavy atom. The molecule has 21 heavy (non-hydrogen) atoms. The molecule has 1 unspecified atom stereocenters. The molecule has 0 aromatic heterocycles. The van der Waals surface area contributed by atoms with Gasteiger partial charge in [-0.2, -0.15) is 0 Å². The van der Waals surface area contributed by atoms with Gasteiger partial charge in [0.25, 0.3) is 0 Å². The van der Waals surface area contributed by atoms with Crippen molar-refractivity contribution in [2.24, 2.45) is 10.9 Å². The lowest BCUT2D eigenvalue weighted by molar-refractivity contribution is 0.318. The van der Waals surface area contributed by atoms with Gasteiger partial charge < -0.3 is 20.7 Å². The summed E-state index contributed by atoms with van der Waals surface area (Å²) in [6.45, 7) is 5.32. The van der Waals surface area contributed by atoms with Gasteiger partial charge in [-0.1, -0.05) is 11.2 Å². The van der Waals surface area contributed by atoms with Crippen molar-refractivity contribution < 1.29 is 5.21 Å². The standard InChI is InChI=1S/C15H24N4OS/c1-11-10-18(2)8-5-9-19(11)12-6-4-7-13(21-3)14(12)15(16)17-20/h4,6-7,11,20H,5,8-10H2,1-3H3,(H2,16,17). The molecule has 1 aliphatic heterocycles. The lowest BCUT2D eigenvalue weighted by atomic mass is 10.1. The van der Waals surface area contributed by atoms with E-state index < -0.39 is 0 Å². The molecule has 5 nitrogen and oxygen atoms in total. The van der Waals surface area contributed by atoms with Crippen LogP contribution in [-0.4, -0.2) is 54.9 Å². The van der Waals surface area contributed by atoms with Crippen LogP contribution in [0, 0.1) is 0 Å². The number of nitrogens with zero attached hydrogens (tertiary/aromatic N) is 3. The first-order chi connectivity index (χ1) is 10.1. The van der Waals surface area contributed by atoms with Gasteiger partial charge in [0.15, 0.2) is 5.84 Å². The summed E-state index contributed by atoms with van der Waals surface area (Å²) in [5, 5.41) is 12.4. The first kappa shape index (κ1) is 16.0. The summed E-state index contributed by atoms with van der Waals surface area (Å²) in [5.74, 6) is 0.180. The van der Waals surface area contributed by atoms with Crippen LogP contribution in [0.3, 0.4) is 0 Å². The van der Waals surface area contributed by atoms with E-state index in [1.165, 1.54) is 0 Å². The van der Waals surface area contributed by atoms with E-state index in [0.717, 1.165) is 42.2 Å². The molecule has 0 saturated carbocycles. The minimum atomic E-state index is 0.180. The third-order valence-corrected chi connectivity index (χ3v) is 4.72. The number of anilines is 1. The summed E-state index contributed by atoms with van der Waals surface area (Å²) in [5.41, 5.74) is 7.83. The third kappa shape index (κ3) is 3.44. The van der Waals surface area contributed by atoms with Gasteiger partial charge in [0.2, 0.25) is 0 Å². The van der Waals surface area contributed by atoms with Crippen LogP contribution in [0.25, 0.3) is 0 Å². The van der Waals surface area contributed by atoms with E-state index in [4.69, 9.17) is 10.9 Å². The highest BCUT2D eigenvalue weighted by Crippen LogP contribution is 2.31. The molecule has 1 atom stereocenters. The van der Waals surface area contributed by atoms with E-state index in [1.54, 1.807) is 11.8 Å². The maximum Gasteiger partial charge on any atom is 0.173 e. The summed E-state index contributed by atoms with van der Waals surface area (Å²) >= 11 is 1.62. The van der Waals surface area contributed by atoms with E-state index in [0.29, 0.717) is 6.04 Å². The van der Waals surface area contributed by atoms with Gasteiger partial charge in [0.1, 0.15) is 0 Å². The summed E-state index contributed by atoms with van der Waals surface area (Å²) in [6.07, 6.45) is 3.12. The van der Waals surface area contributed by atoms with Gasteiger partial charge >= 0.3 is 0 Å². The van der Waals surface area contributed by atoms with Gasteiger partial charge in [0.05, 0.1) is 5.56 Å². The predicted octanol–water partition coefficient (Wildman–Crippen LogP) is 2.03. The monoisotopic (exact) mass is 308 g/mol. The molecular formula is C15H24N4OS. The van der Waals surface area contributed by atoms with Crippen molar-refractivity contribution >= 4 is 23.3 Å². The second-order valence-electron chi connectivity index (χ2n) is 5.50. The molecule has 0 amide bonds. The van der Waals surface area contributed by atoms with Crippen LogP contribution >= 0.6 is 11.8 Å². The normalized spacial score (nSPS) is 21.4. The van der Waals surface area contributed by atoms with E-state index >= 15 is 0 Å². The Balaban J connectivity index is 2.47. The largest absolute Gasteiger partial charge is 0.409 e. The number of thioether (sulfide) groups is 1. The van der Waals surface area contributed by atoms with Gasteiger partial charge in [-0.25, -0.2) is 0 Å². The maximum absolute atomic E-state index is 9.12. The Bertz CT molecular complexity index is 520. The molecule has 1 aliphatic rings. The number of oxime groups is 1. The second kappa shape index (κ2) is 7.04. The topological polar surface area (TPSA) is 65.1 Å². The van der Waals surface area contributed by atoms with Crippen LogP contribution in [0.1, 0.15) is 18.9 Å². The zero-order chi connectivity index (χ0) is 15.4. The van der Waals surface area contributed by atoms with Gasteiger partial charge in [-0.05, 0) is 45.3 Å². The summed E-state index contributed by atoms with van der Waals surface area (Å²) in [7, 11) is 2.16. The van der Waals surface area contributed by atoms with E-state index in [1.807, 2.05) is 18.4 Å². The summed E-state index contributed by atoms with van der Waals surface area (Å²) < 4.78 is 0. The van der Waals surface area contributed by atoms with Crippen LogP contribution in [-0.2, 0) is 0 Å². The average molecular weight is 308 g/mol. The molecule has 1 heterocycles. The minimum absolute atomic E-state index is 0.180. The van der Waals surface area contributed by atoms with Crippen molar-refractivity contribution in [2.75, 3.05) is 37.8 Å². The Morgan fingerprint density at radius 3 is 2.86 bits per heavy atom. The van der Waals surface area contributed by atoms with Crippen LogP contribution in [0.2, 0.25) is 0 Å². The molecule has 116 valence electrons. The number of benzene rings is 1. The van der Waals surface area contributed by atoms with Crippen molar-refractivity contribution in [1.29, 1.82) is 0 Å². The summed E-state index contributed by atoms with van der Waals surface area (Å²) in [6, 6.07) is 6.50. The van der Waals surface area contributed by atoms with E-state index in [9.17, 15) is 0 Å². The highest BCUT2D eigenvalue weighted by atomic mass is 32.2. The SMILES string of the molecule is CSc1cccc(N2CCCN(C)CC2C)c1/C(N)=N/O. The molecule has 1 fully saturated rings.